The molecule has 0 radical (unpaired) electrons. The summed E-state index contributed by atoms with van der Waals surface area (Å²) in [6.45, 7) is 8.47. The average molecular weight is 293 g/mol. The van der Waals surface area contributed by atoms with Crippen LogP contribution in [0, 0.1) is 13.8 Å². The summed E-state index contributed by atoms with van der Waals surface area (Å²) in [6.07, 6.45) is 1.20. The predicted octanol–water partition coefficient (Wildman–Crippen LogP) is 2.46. The van der Waals surface area contributed by atoms with E-state index in [9.17, 15) is 0 Å². The van der Waals surface area contributed by atoms with E-state index in [1.54, 1.807) is 7.11 Å². The van der Waals surface area contributed by atoms with E-state index >= 15 is 0 Å². The number of likely N-dealkylation sites (N-methyl/N-ethyl adjacent to an activating group) is 1. The van der Waals surface area contributed by atoms with Gasteiger partial charge in [-0.2, -0.15) is 0 Å². The fourth-order valence-corrected chi connectivity index (χ4v) is 2.74. The van der Waals surface area contributed by atoms with Crippen molar-refractivity contribution in [3.8, 4) is 5.75 Å². The minimum Gasteiger partial charge on any atom is -0.487 e. The molecule has 1 aliphatic rings. The molecule has 1 aromatic carbocycles. The van der Waals surface area contributed by atoms with Crippen LogP contribution in [0.5, 0.6) is 5.75 Å². The first-order chi connectivity index (χ1) is 10.2. The van der Waals surface area contributed by atoms with Crippen LogP contribution >= 0.6 is 0 Å². The van der Waals surface area contributed by atoms with Gasteiger partial charge in [0.2, 0.25) is 0 Å². The van der Waals surface area contributed by atoms with Crippen molar-refractivity contribution in [2.24, 2.45) is 0 Å². The highest BCUT2D eigenvalue weighted by Crippen LogP contribution is 2.31. The maximum atomic E-state index is 6.15. The molecule has 1 N–H and O–H groups in total. The largest absolute Gasteiger partial charge is 0.487 e. The lowest BCUT2D eigenvalue weighted by Crippen LogP contribution is -2.61. The molecule has 1 fully saturated rings. The molecule has 118 valence electrons. The molecule has 0 spiro atoms. The van der Waals surface area contributed by atoms with Crippen molar-refractivity contribution in [2.45, 2.75) is 45.4 Å². The minimum absolute atomic E-state index is 0.0980. The molecule has 0 heterocycles. The normalized spacial score (nSPS) is 24.7. The van der Waals surface area contributed by atoms with Gasteiger partial charge in [-0.3, -0.25) is 0 Å². The molecular weight excluding hydrogens is 266 g/mol. The molecule has 0 amide bonds. The number of nitrogens with one attached hydrogen (secondary N) is 1. The van der Waals surface area contributed by atoms with E-state index in [0.29, 0.717) is 19.3 Å². The Morgan fingerprint density at radius 2 is 2.05 bits per heavy atom. The Morgan fingerprint density at radius 3 is 2.71 bits per heavy atom. The Labute approximate surface area is 127 Å². The zero-order valence-corrected chi connectivity index (χ0v) is 13.5. The van der Waals surface area contributed by atoms with Gasteiger partial charge in [0.15, 0.2) is 0 Å². The van der Waals surface area contributed by atoms with E-state index in [4.69, 9.17) is 14.2 Å². The van der Waals surface area contributed by atoms with Crippen molar-refractivity contribution in [1.82, 2.24) is 5.32 Å². The summed E-state index contributed by atoms with van der Waals surface area (Å²) < 4.78 is 17.1. The van der Waals surface area contributed by atoms with E-state index in [-0.39, 0.29) is 12.2 Å². The Bertz CT molecular complexity index is 450. The van der Waals surface area contributed by atoms with Gasteiger partial charge < -0.3 is 19.5 Å². The molecule has 1 aromatic rings. The maximum absolute atomic E-state index is 6.15. The number of hydrogen-bond acceptors (Lipinski definition) is 4. The van der Waals surface area contributed by atoms with Crippen molar-refractivity contribution in [2.75, 3.05) is 26.9 Å². The zero-order chi connectivity index (χ0) is 15.2. The van der Waals surface area contributed by atoms with Crippen LogP contribution in [-0.4, -0.2) is 45.1 Å². The van der Waals surface area contributed by atoms with Crippen LogP contribution in [0.3, 0.4) is 0 Å². The average Bonchev–Trinajstić information content (AvgIpc) is 2.44. The van der Waals surface area contributed by atoms with E-state index in [1.807, 2.05) is 0 Å². The van der Waals surface area contributed by atoms with Gasteiger partial charge in [0.25, 0.3) is 0 Å². The molecule has 0 bridgehead atoms. The van der Waals surface area contributed by atoms with Crippen molar-refractivity contribution < 1.29 is 14.2 Å². The van der Waals surface area contributed by atoms with Gasteiger partial charge in [-0.05, 0) is 32.0 Å². The fourth-order valence-electron chi connectivity index (χ4n) is 2.74. The number of methoxy groups -OCH3 is 1. The first-order valence-corrected chi connectivity index (χ1v) is 7.73. The molecule has 1 aliphatic carbocycles. The minimum atomic E-state index is 0.0980. The summed E-state index contributed by atoms with van der Waals surface area (Å²) in [4.78, 5) is 0. The van der Waals surface area contributed by atoms with Crippen LogP contribution in [0.15, 0.2) is 18.2 Å². The van der Waals surface area contributed by atoms with Crippen LogP contribution in [0.25, 0.3) is 0 Å². The Balaban J connectivity index is 1.94. The molecule has 3 atom stereocenters. The first kappa shape index (κ1) is 16.3. The first-order valence-electron chi connectivity index (χ1n) is 7.73. The van der Waals surface area contributed by atoms with Crippen LogP contribution in [0.4, 0.5) is 0 Å². The molecule has 21 heavy (non-hydrogen) atoms. The second-order valence-electron chi connectivity index (χ2n) is 5.65. The Kier molecular flexibility index (Phi) is 6.03. The maximum Gasteiger partial charge on any atom is 0.128 e. The predicted molar refractivity (Wildman–Crippen MR) is 84.0 cm³/mol. The van der Waals surface area contributed by atoms with E-state index < -0.39 is 0 Å². The standard InChI is InChI=1S/C17H27NO3/c1-5-18-14-11-16(17(14)20-9-8-19-4)21-15-7-6-12(2)10-13(15)3/h6-7,10,14,16-18H,5,8-9,11H2,1-4H3. The molecular formula is C17H27NO3. The quantitative estimate of drug-likeness (QED) is 0.747. The molecule has 4 heteroatoms. The molecule has 0 saturated heterocycles. The molecule has 0 aliphatic heterocycles. The van der Waals surface area contributed by atoms with Crippen molar-refractivity contribution in [1.29, 1.82) is 0 Å². The number of ether oxygens (including phenoxy) is 3. The highest BCUT2D eigenvalue weighted by Gasteiger charge is 2.43. The van der Waals surface area contributed by atoms with E-state index in [2.05, 4.69) is 44.3 Å². The third-order valence-electron chi connectivity index (χ3n) is 3.92. The van der Waals surface area contributed by atoms with Crippen LogP contribution in [0.2, 0.25) is 0 Å². The van der Waals surface area contributed by atoms with Gasteiger partial charge >= 0.3 is 0 Å². The van der Waals surface area contributed by atoms with Crippen molar-refractivity contribution in [3.05, 3.63) is 29.3 Å². The monoisotopic (exact) mass is 293 g/mol. The molecule has 1 saturated carbocycles. The van der Waals surface area contributed by atoms with E-state index in [0.717, 1.165) is 18.7 Å². The summed E-state index contributed by atoms with van der Waals surface area (Å²) in [5.74, 6) is 0.959. The summed E-state index contributed by atoms with van der Waals surface area (Å²) >= 11 is 0. The number of hydrogen-bond donors (Lipinski definition) is 1. The van der Waals surface area contributed by atoms with Crippen LogP contribution in [0.1, 0.15) is 24.5 Å². The zero-order valence-electron chi connectivity index (χ0n) is 13.5. The van der Waals surface area contributed by atoms with Gasteiger partial charge in [-0.1, -0.05) is 24.6 Å². The third kappa shape index (κ3) is 4.19. The smallest absolute Gasteiger partial charge is 0.128 e. The summed E-state index contributed by atoms with van der Waals surface area (Å²) in [6, 6.07) is 6.67. The van der Waals surface area contributed by atoms with Gasteiger partial charge in [0.1, 0.15) is 18.0 Å². The van der Waals surface area contributed by atoms with Gasteiger partial charge in [0.05, 0.1) is 13.2 Å². The van der Waals surface area contributed by atoms with Crippen LogP contribution in [-0.2, 0) is 9.47 Å². The Morgan fingerprint density at radius 1 is 1.24 bits per heavy atom. The second-order valence-corrected chi connectivity index (χ2v) is 5.65. The fraction of sp³-hybridized carbons (Fsp3) is 0.647. The summed E-state index contributed by atoms with van der Waals surface area (Å²) in [5, 5.41) is 3.45. The summed E-state index contributed by atoms with van der Waals surface area (Å²) in [5.41, 5.74) is 2.43. The highest BCUT2D eigenvalue weighted by atomic mass is 16.6. The van der Waals surface area contributed by atoms with Gasteiger partial charge in [-0.25, -0.2) is 0 Å². The Hall–Kier alpha value is -1.10. The highest BCUT2D eigenvalue weighted by molar-refractivity contribution is 5.36. The number of aryl methyl sites for hydroxylation is 2. The van der Waals surface area contributed by atoms with Gasteiger partial charge in [-0.15, -0.1) is 0 Å². The van der Waals surface area contributed by atoms with Crippen LogP contribution < -0.4 is 10.1 Å². The lowest BCUT2D eigenvalue weighted by Gasteiger charge is -2.44. The summed E-state index contributed by atoms with van der Waals surface area (Å²) in [7, 11) is 1.69. The lowest BCUT2D eigenvalue weighted by atomic mass is 9.85. The molecule has 2 rings (SSSR count). The van der Waals surface area contributed by atoms with Crippen molar-refractivity contribution in [3.63, 3.8) is 0 Å². The molecule has 0 aromatic heterocycles. The topological polar surface area (TPSA) is 39.7 Å². The molecule has 3 unspecified atom stereocenters. The number of rotatable bonds is 8. The SMILES string of the molecule is CCNC1CC(Oc2ccc(C)cc2C)C1OCCOC. The lowest BCUT2D eigenvalue weighted by molar-refractivity contribution is -0.115. The third-order valence-corrected chi connectivity index (χ3v) is 3.92. The number of benzene rings is 1. The van der Waals surface area contributed by atoms with E-state index in [1.165, 1.54) is 11.1 Å². The van der Waals surface area contributed by atoms with Gasteiger partial charge in [0, 0.05) is 19.6 Å². The van der Waals surface area contributed by atoms with Crippen molar-refractivity contribution >= 4 is 0 Å². The molecule has 4 nitrogen and oxygen atoms in total. The second kappa shape index (κ2) is 7.78.